The zero-order valence-corrected chi connectivity index (χ0v) is 7.53. The minimum Gasteiger partial charge on any atom is -0.393 e. The van der Waals surface area contributed by atoms with Gasteiger partial charge in [-0.3, -0.25) is 0 Å². The fraction of sp³-hybridized carbons (Fsp3) is 1.00. The van der Waals surface area contributed by atoms with Crippen molar-refractivity contribution in [1.29, 1.82) is 0 Å². The van der Waals surface area contributed by atoms with Crippen LogP contribution in [-0.2, 0) is 0 Å². The lowest BCUT2D eigenvalue weighted by molar-refractivity contribution is -0.349. The molecule has 2 bridgehead atoms. The van der Waals surface area contributed by atoms with Gasteiger partial charge in [0.2, 0.25) is 0 Å². The summed E-state index contributed by atoms with van der Waals surface area (Å²) in [5, 5.41) is 9.84. The highest BCUT2D eigenvalue weighted by atomic mass is 79.9. The van der Waals surface area contributed by atoms with E-state index in [2.05, 4.69) is 15.9 Å². The first-order chi connectivity index (χ1) is 5.28. The maximum absolute atomic E-state index is 9.84. The third-order valence-corrected chi connectivity index (χ3v) is 7.28. The van der Waals surface area contributed by atoms with Crippen LogP contribution in [0.5, 0.6) is 0 Å². The minimum absolute atomic E-state index is 0.115. The average molecular weight is 213 g/mol. The highest BCUT2D eigenvalue weighted by molar-refractivity contribution is 9.10. The zero-order valence-electron chi connectivity index (χ0n) is 5.94. The quantitative estimate of drug-likeness (QED) is 0.592. The van der Waals surface area contributed by atoms with Crippen LogP contribution in [0.3, 0.4) is 0 Å². The molecule has 6 saturated carbocycles. The topological polar surface area (TPSA) is 20.2 Å². The van der Waals surface area contributed by atoms with E-state index in [4.69, 9.17) is 0 Å². The molecule has 0 aromatic heterocycles. The highest BCUT2D eigenvalue weighted by Gasteiger charge is 2.99. The van der Waals surface area contributed by atoms with Crippen molar-refractivity contribution >= 4 is 15.9 Å². The number of aliphatic hydroxyl groups excluding tert-OH is 1. The summed E-state index contributed by atoms with van der Waals surface area (Å²) in [4.78, 5) is 0. The van der Waals surface area contributed by atoms with Crippen molar-refractivity contribution in [3.05, 3.63) is 0 Å². The molecule has 9 atom stereocenters. The SMILES string of the molecule is O[C@@H]1C2[C@@H]3C4[C@H]2[C@@H]2C1[C@H]3C42Br. The number of aliphatic hydroxyl groups is 1. The van der Waals surface area contributed by atoms with E-state index >= 15 is 0 Å². The normalized spacial score (nSPS) is 96.5. The molecule has 4 unspecified atom stereocenters. The van der Waals surface area contributed by atoms with Gasteiger partial charge in [0, 0.05) is 4.32 Å². The fourth-order valence-electron chi connectivity index (χ4n) is 5.73. The summed E-state index contributed by atoms with van der Waals surface area (Å²) in [6.07, 6.45) is 0.115. The number of rotatable bonds is 0. The van der Waals surface area contributed by atoms with E-state index in [1.165, 1.54) is 0 Å². The van der Waals surface area contributed by atoms with Gasteiger partial charge in [-0.1, -0.05) is 15.9 Å². The van der Waals surface area contributed by atoms with E-state index in [0.29, 0.717) is 4.32 Å². The molecule has 1 N–H and O–H groups in total. The fourth-order valence-corrected chi connectivity index (χ4v) is 7.56. The Balaban J connectivity index is 1.84. The molecule has 0 spiro atoms. The molecule has 0 saturated heterocycles. The van der Waals surface area contributed by atoms with Crippen LogP contribution in [0.25, 0.3) is 0 Å². The van der Waals surface area contributed by atoms with Gasteiger partial charge < -0.3 is 5.11 Å². The summed E-state index contributed by atoms with van der Waals surface area (Å²) >= 11 is 3.89. The van der Waals surface area contributed by atoms with E-state index in [1.54, 1.807) is 0 Å². The molecule has 2 heteroatoms. The summed E-state index contributed by atoms with van der Waals surface area (Å²) < 4.78 is 0.584. The molecule has 11 heavy (non-hydrogen) atoms. The Kier molecular flexibility index (Phi) is 0.477. The van der Waals surface area contributed by atoms with Crippen LogP contribution in [0.2, 0.25) is 0 Å². The molecule has 1 nitrogen and oxygen atoms in total. The Labute approximate surface area is 73.3 Å². The molecule has 6 aliphatic carbocycles. The summed E-state index contributed by atoms with van der Waals surface area (Å²) in [5.41, 5.74) is 0. The Hall–Kier alpha value is 0.440. The van der Waals surface area contributed by atoms with Gasteiger partial charge in [-0.25, -0.2) is 0 Å². The second kappa shape index (κ2) is 1.00. The minimum atomic E-state index is 0.115. The van der Waals surface area contributed by atoms with Crippen LogP contribution in [0.4, 0.5) is 0 Å². The van der Waals surface area contributed by atoms with Gasteiger partial charge in [0.15, 0.2) is 0 Å². The highest BCUT2D eigenvalue weighted by Crippen LogP contribution is 2.98. The van der Waals surface area contributed by atoms with Crippen molar-refractivity contribution in [3.63, 3.8) is 0 Å². The molecule has 58 valence electrons. The van der Waals surface area contributed by atoms with Gasteiger partial charge in [-0.15, -0.1) is 0 Å². The van der Waals surface area contributed by atoms with Crippen LogP contribution in [0.1, 0.15) is 0 Å². The van der Waals surface area contributed by atoms with E-state index in [0.717, 1.165) is 41.4 Å². The predicted octanol–water partition coefficient (Wildman–Crippen LogP) is 0.862. The van der Waals surface area contributed by atoms with Crippen LogP contribution < -0.4 is 0 Å². The van der Waals surface area contributed by atoms with Crippen LogP contribution in [0, 0.1) is 41.4 Å². The van der Waals surface area contributed by atoms with E-state index in [-0.39, 0.29) is 6.10 Å². The standard InChI is InChI=1S/C9H9BrO/c10-9-5-2-1-3(5)7(9)4(6(2)9)8(1)11/h1-8,11H/t1?,2-,3+,4?,5?,6+,7-,8-,9?/m1/s1. The van der Waals surface area contributed by atoms with Crippen LogP contribution >= 0.6 is 15.9 Å². The first kappa shape index (κ1) is 5.23. The van der Waals surface area contributed by atoms with Gasteiger partial charge in [-0.2, -0.15) is 0 Å². The molecular formula is C9H9BrO. The predicted molar refractivity (Wildman–Crippen MR) is 42.1 cm³/mol. The lowest BCUT2D eigenvalue weighted by Gasteiger charge is -2.88. The van der Waals surface area contributed by atoms with Gasteiger partial charge in [-0.05, 0) is 41.4 Å². The second-order valence-electron chi connectivity index (χ2n) is 5.20. The molecule has 0 aromatic carbocycles. The van der Waals surface area contributed by atoms with Crippen LogP contribution in [-0.4, -0.2) is 15.5 Å². The Morgan fingerprint density at radius 1 is 0.909 bits per heavy atom. The van der Waals surface area contributed by atoms with Gasteiger partial charge >= 0.3 is 0 Å². The molecule has 0 aromatic rings. The zero-order chi connectivity index (χ0) is 7.12. The lowest BCUT2D eigenvalue weighted by Crippen LogP contribution is -2.90. The maximum Gasteiger partial charge on any atom is 0.0608 e. The number of halogens is 1. The number of alkyl halides is 1. The molecule has 0 aliphatic heterocycles. The van der Waals surface area contributed by atoms with Crippen molar-refractivity contribution in [2.75, 3.05) is 0 Å². The van der Waals surface area contributed by atoms with E-state index < -0.39 is 0 Å². The molecule has 0 heterocycles. The first-order valence-electron chi connectivity index (χ1n) is 4.65. The van der Waals surface area contributed by atoms with Crippen molar-refractivity contribution < 1.29 is 5.11 Å². The second-order valence-corrected chi connectivity index (χ2v) is 6.58. The number of hydrogen-bond acceptors (Lipinski definition) is 1. The number of hydrogen-bond donors (Lipinski definition) is 1. The largest absolute Gasteiger partial charge is 0.393 e. The maximum atomic E-state index is 9.84. The average Bonchev–Trinajstić information content (AvgIpc) is 2.16. The Morgan fingerprint density at radius 2 is 1.45 bits per heavy atom. The van der Waals surface area contributed by atoms with Gasteiger partial charge in [0.05, 0.1) is 6.10 Å². The monoisotopic (exact) mass is 212 g/mol. The van der Waals surface area contributed by atoms with Crippen molar-refractivity contribution in [2.24, 2.45) is 41.4 Å². The summed E-state index contributed by atoms with van der Waals surface area (Å²) in [6, 6.07) is 0. The summed E-state index contributed by atoms with van der Waals surface area (Å²) in [7, 11) is 0. The van der Waals surface area contributed by atoms with Crippen molar-refractivity contribution in [2.45, 2.75) is 10.4 Å². The Morgan fingerprint density at radius 3 is 1.91 bits per heavy atom. The molecule has 6 rings (SSSR count). The lowest BCUT2D eigenvalue weighted by atomic mass is 9.20. The van der Waals surface area contributed by atoms with E-state index in [9.17, 15) is 5.11 Å². The third-order valence-electron chi connectivity index (χ3n) is 5.70. The molecule has 6 aliphatic rings. The molecule has 0 radical (unpaired) electrons. The molecule has 6 fully saturated rings. The summed E-state index contributed by atoms with van der Waals surface area (Å²) in [6.45, 7) is 0. The molecular weight excluding hydrogens is 204 g/mol. The van der Waals surface area contributed by atoms with E-state index in [1.807, 2.05) is 0 Å². The smallest absolute Gasteiger partial charge is 0.0608 e. The van der Waals surface area contributed by atoms with Crippen LogP contribution in [0.15, 0.2) is 0 Å². The Bertz CT molecular complexity index is 282. The third kappa shape index (κ3) is 0.218. The molecule has 0 amide bonds. The van der Waals surface area contributed by atoms with Gasteiger partial charge in [0.1, 0.15) is 0 Å². The van der Waals surface area contributed by atoms with Crippen molar-refractivity contribution in [1.82, 2.24) is 0 Å². The van der Waals surface area contributed by atoms with Gasteiger partial charge in [0.25, 0.3) is 0 Å². The first-order valence-corrected chi connectivity index (χ1v) is 5.44. The van der Waals surface area contributed by atoms with Crippen molar-refractivity contribution in [3.8, 4) is 0 Å². The summed E-state index contributed by atoms with van der Waals surface area (Å²) in [5.74, 6) is 6.24.